The van der Waals surface area contributed by atoms with Gasteiger partial charge in [-0.1, -0.05) is 19.1 Å². The number of hydrogen-bond acceptors (Lipinski definition) is 4. The Kier molecular flexibility index (Phi) is 7.70. The van der Waals surface area contributed by atoms with E-state index in [0.717, 1.165) is 43.3 Å². The van der Waals surface area contributed by atoms with Crippen LogP contribution in [0.25, 0.3) is 0 Å². The van der Waals surface area contributed by atoms with Crippen molar-refractivity contribution in [2.75, 3.05) is 33.3 Å². The van der Waals surface area contributed by atoms with E-state index in [9.17, 15) is 4.79 Å². The number of nitrogens with zero attached hydrogens (tertiary/aromatic N) is 4. The number of rotatable bonds is 7. The number of ether oxygens (including phenoxy) is 1. The third kappa shape index (κ3) is 5.75. The summed E-state index contributed by atoms with van der Waals surface area (Å²) >= 11 is 0. The summed E-state index contributed by atoms with van der Waals surface area (Å²) in [6, 6.07) is 8.00. The van der Waals surface area contributed by atoms with Crippen LogP contribution >= 0.6 is 0 Å². The van der Waals surface area contributed by atoms with Crippen LogP contribution in [-0.4, -0.2) is 59.6 Å². The zero-order valence-corrected chi connectivity index (χ0v) is 18.0. The van der Waals surface area contributed by atoms with Crippen molar-refractivity contribution in [2.24, 2.45) is 10.9 Å². The zero-order chi connectivity index (χ0) is 21.3. The molecule has 162 valence electrons. The Bertz CT molecular complexity index is 819. The number of methoxy groups -OCH3 is 1. The van der Waals surface area contributed by atoms with E-state index < -0.39 is 0 Å². The molecule has 8 heteroatoms. The predicted molar refractivity (Wildman–Crippen MR) is 117 cm³/mol. The normalized spacial score (nSPS) is 19.4. The van der Waals surface area contributed by atoms with Gasteiger partial charge in [-0.2, -0.15) is 0 Å². The van der Waals surface area contributed by atoms with E-state index in [4.69, 9.17) is 4.74 Å². The van der Waals surface area contributed by atoms with Crippen LogP contribution in [0.3, 0.4) is 0 Å². The highest BCUT2D eigenvalue weighted by molar-refractivity contribution is 5.85. The Morgan fingerprint density at radius 1 is 1.30 bits per heavy atom. The Labute approximate surface area is 178 Å². The van der Waals surface area contributed by atoms with E-state index >= 15 is 0 Å². The molecule has 2 aromatic rings. The van der Waals surface area contributed by atoms with Crippen molar-refractivity contribution in [1.82, 2.24) is 25.1 Å². The second-order valence-electron chi connectivity index (χ2n) is 7.58. The average Bonchev–Trinajstić information content (AvgIpc) is 3.30. The molecule has 0 aliphatic carbocycles. The Morgan fingerprint density at radius 2 is 2.10 bits per heavy atom. The molecule has 1 aromatic carbocycles. The van der Waals surface area contributed by atoms with Crippen LogP contribution < -0.4 is 15.4 Å². The number of aromatic nitrogens is 2. The van der Waals surface area contributed by atoms with Crippen molar-refractivity contribution < 1.29 is 9.53 Å². The summed E-state index contributed by atoms with van der Waals surface area (Å²) in [5.41, 5.74) is 1.02. The molecular formula is C22H32N6O2. The molecule has 2 heterocycles. The van der Waals surface area contributed by atoms with E-state index in [0.29, 0.717) is 18.5 Å². The van der Waals surface area contributed by atoms with Gasteiger partial charge < -0.3 is 24.8 Å². The highest BCUT2D eigenvalue weighted by atomic mass is 16.5. The molecule has 2 atom stereocenters. The number of nitrogens with one attached hydrogen (secondary N) is 2. The number of carbonyl (C=O) groups is 1. The summed E-state index contributed by atoms with van der Waals surface area (Å²) in [6.45, 7) is 7.41. The summed E-state index contributed by atoms with van der Waals surface area (Å²) in [4.78, 5) is 23.4. The third-order valence-electron chi connectivity index (χ3n) is 5.48. The average molecular weight is 413 g/mol. The minimum absolute atomic E-state index is 0.0975. The van der Waals surface area contributed by atoms with E-state index in [1.807, 2.05) is 49.9 Å². The quantitative estimate of drug-likeness (QED) is 0.537. The molecule has 1 aromatic heterocycles. The minimum Gasteiger partial charge on any atom is -0.497 e. The fourth-order valence-electron chi connectivity index (χ4n) is 3.67. The zero-order valence-electron chi connectivity index (χ0n) is 18.0. The first-order valence-corrected chi connectivity index (χ1v) is 10.5. The number of piperidine rings is 1. The Hall–Kier alpha value is -3.03. The Morgan fingerprint density at radius 3 is 2.77 bits per heavy atom. The number of hydrogen-bond donors (Lipinski definition) is 2. The van der Waals surface area contributed by atoms with E-state index in [1.54, 1.807) is 7.11 Å². The van der Waals surface area contributed by atoms with Gasteiger partial charge in [-0.25, -0.2) is 9.98 Å². The molecule has 3 rings (SSSR count). The summed E-state index contributed by atoms with van der Waals surface area (Å²) in [5.74, 6) is 2.05. The SMILES string of the molecule is CCNC(=NCC(=O)NCc1ccc(OC)cc1)N1CCC(C)C(n2ccnc2)C1. The van der Waals surface area contributed by atoms with Gasteiger partial charge in [-0.15, -0.1) is 0 Å². The number of imidazole rings is 1. The van der Waals surface area contributed by atoms with Crippen molar-refractivity contribution in [2.45, 2.75) is 32.9 Å². The maximum Gasteiger partial charge on any atom is 0.242 e. The highest BCUT2D eigenvalue weighted by Crippen LogP contribution is 2.27. The van der Waals surface area contributed by atoms with Crippen LogP contribution in [0.5, 0.6) is 5.75 Å². The van der Waals surface area contributed by atoms with Crippen molar-refractivity contribution in [3.05, 3.63) is 48.5 Å². The molecule has 2 unspecified atom stereocenters. The molecule has 1 fully saturated rings. The van der Waals surface area contributed by atoms with E-state index in [1.165, 1.54) is 0 Å². The number of likely N-dealkylation sites (tertiary alicyclic amines) is 1. The predicted octanol–water partition coefficient (Wildman–Crippen LogP) is 2.06. The second kappa shape index (κ2) is 10.7. The van der Waals surface area contributed by atoms with Gasteiger partial charge >= 0.3 is 0 Å². The van der Waals surface area contributed by atoms with Gasteiger partial charge in [0.25, 0.3) is 0 Å². The van der Waals surface area contributed by atoms with Gasteiger partial charge in [-0.05, 0) is 37.0 Å². The summed E-state index contributed by atoms with van der Waals surface area (Å²) < 4.78 is 7.32. The summed E-state index contributed by atoms with van der Waals surface area (Å²) in [7, 11) is 1.64. The van der Waals surface area contributed by atoms with Crippen molar-refractivity contribution >= 4 is 11.9 Å². The first kappa shape index (κ1) is 21.7. The van der Waals surface area contributed by atoms with Gasteiger partial charge in [0.05, 0.1) is 19.5 Å². The van der Waals surface area contributed by atoms with Crippen LogP contribution in [0.15, 0.2) is 48.0 Å². The second-order valence-corrected chi connectivity index (χ2v) is 7.58. The lowest BCUT2D eigenvalue weighted by Gasteiger charge is -2.39. The smallest absolute Gasteiger partial charge is 0.242 e. The molecule has 2 N–H and O–H groups in total. The van der Waals surface area contributed by atoms with Gasteiger partial charge in [0, 0.05) is 38.6 Å². The molecule has 30 heavy (non-hydrogen) atoms. The van der Waals surface area contributed by atoms with Crippen molar-refractivity contribution in [3.63, 3.8) is 0 Å². The molecule has 0 saturated carbocycles. The number of guanidine groups is 1. The number of aliphatic imine (C=N–C) groups is 1. The van der Waals surface area contributed by atoms with E-state index in [2.05, 4.69) is 37.0 Å². The lowest BCUT2D eigenvalue weighted by atomic mass is 9.93. The van der Waals surface area contributed by atoms with Crippen LogP contribution in [0, 0.1) is 5.92 Å². The lowest BCUT2D eigenvalue weighted by molar-refractivity contribution is -0.119. The molecule has 1 aliphatic heterocycles. The largest absolute Gasteiger partial charge is 0.497 e. The summed E-state index contributed by atoms with van der Waals surface area (Å²) in [6.07, 6.45) is 6.78. The first-order valence-electron chi connectivity index (χ1n) is 10.5. The lowest BCUT2D eigenvalue weighted by Crippen LogP contribution is -2.49. The number of carbonyl (C=O) groups excluding carboxylic acids is 1. The van der Waals surface area contributed by atoms with E-state index in [-0.39, 0.29) is 12.5 Å². The molecule has 0 bridgehead atoms. The molecule has 8 nitrogen and oxygen atoms in total. The third-order valence-corrected chi connectivity index (χ3v) is 5.48. The van der Waals surface area contributed by atoms with Gasteiger partial charge in [0.15, 0.2) is 5.96 Å². The topological polar surface area (TPSA) is 83.8 Å². The highest BCUT2D eigenvalue weighted by Gasteiger charge is 2.28. The molecule has 0 spiro atoms. The molecule has 1 amide bonds. The van der Waals surface area contributed by atoms with Crippen molar-refractivity contribution in [3.8, 4) is 5.75 Å². The molecule has 0 radical (unpaired) electrons. The fourth-order valence-corrected chi connectivity index (χ4v) is 3.67. The fraction of sp³-hybridized carbons (Fsp3) is 0.500. The minimum atomic E-state index is -0.0993. The Balaban J connectivity index is 1.57. The van der Waals surface area contributed by atoms with Crippen LogP contribution in [0.4, 0.5) is 0 Å². The summed E-state index contributed by atoms with van der Waals surface area (Å²) in [5, 5.41) is 6.26. The maximum absolute atomic E-state index is 12.3. The van der Waals surface area contributed by atoms with Gasteiger partial charge in [-0.3, -0.25) is 4.79 Å². The van der Waals surface area contributed by atoms with Gasteiger partial charge in [0.2, 0.25) is 5.91 Å². The molecular weight excluding hydrogens is 380 g/mol. The first-order chi connectivity index (χ1) is 14.6. The standard InChI is InChI=1S/C22H32N6O2/c1-4-24-22(27-11-9-17(2)20(15-27)28-12-10-23-16-28)26-14-21(29)25-13-18-5-7-19(30-3)8-6-18/h5-8,10,12,16-17,20H,4,9,11,13-15H2,1-3H3,(H,24,26)(H,25,29). The molecule has 1 aliphatic rings. The molecule has 1 saturated heterocycles. The number of amides is 1. The van der Waals surface area contributed by atoms with Crippen molar-refractivity contribution in [1.29, 1.82) is 0 Å². The van der Waals surface area contributed by atoms with Crippen LogP contribution in [0.1, 0.15) is 31.9 Å². The van der Waals surface area contributed by atoms with Gasteiger partial charge in [0.1, 0.15) is 12.3 Å². The van der Waals surface area contributed by atoms with Crippen LogP contribution in [0.2, 0.25) is 0 Å². The van der Waals surface area contributed by atoms with Crippen LogP contribution in [-0.2, 0) is 11.3 Å². The monoisotopic (exact) mass is 412 g/mol. The maximum atomic E-state index is 12.3. The number of benzene rings is 1.